The summed E-state index contributed by atoms with van der Waals surface area (Å²) in [5.74, 6) is -0.266. The van der Waals surface area contributed by atoms with Crippen LogP contribution in [0.4, 0.5) is 0 Å². The van der Waals surface area contributed by atoms with E-state index in [9.17, 15) is 4.79 Å². The Kier molecular flexibility index (Phi) is 3.85. The summed E-state index contributed by atoms with van der Waals surface area (Å²) >= 11 is 0. The van der Waals surface area contributed by atoms with Crippen LogP contribution < -0.4 is 5.73 Å². The van der Waals surface area contributed by atoms with E-state index in [-0.39, 0.29) is 18.1 Å². The van der Waals surface area contributed by atoms with Crippen LogP contribution >= 0.6 is 0 Å². The first-order valence-corrected chi connectivity index (χ1v) is 5.01. The van der Waals surface area contributed by atoms with Crippen molar-refractivity contribution < 1.29 is 9.53 Å². The first-order valence-electron chi connectivity index (χ1n) is 5.01. The summed E-state index contributed by atoms with van der Waals surface area (Å²) in [5, 5.41) is 0. The molecule has 0 saturated carbocycles. The molecule has 0 aliphatic rings. The van der Waals surface area contributed by atoms with Crippen LogP contribution in [-0.2, 0) is 9.53 Å². The molecule has 2 N–H and O–H groups in total. The quantitative estimate of drug-likeness (QED) is 0.755. The van der Waals surface area contributed by atoms with E-state index < -0.39 is 0 Å². The highest BCUT2D eigenvalue weighted by atomic mass is 16.5. The highest BCUT2D eigenvalue weighted by Crippen LogP contribution is 2.16. The maximum atomic E-state index is 11.5. The van der Waals surface area contributed by atoms with Gasteiger partial charge in [-0.15, -0.1) is 0 Å². The Morgan fingerprint density at radius 2 is 2.33 bits per heavy atom. The van der Waals surface area contributed by atoms with Crippen LogP contribution in [0.25, 0.3) is 0 Å². The fourth-order valence-electron chi connectivity index (χ4n) is 1.37. The monoisotopic (exact) mass is 211 g/mol. The highest BCUT2D eigenvalue weighted by Gasteiger charge is 2.19. The van der Waals surface area contributed by atoms with Gasteiger partial charge in [0.2, 0.25) is 0 Å². The molecule has 1 rings (SSSR count). The van der Waals surface area contributed by atoms with Crippen molar-refractivity contribution in [2.24, 2.45) is 5.73 Å². The number of nitrogens with zero attached hydrogens (tertiary/aromatic N) is 2. The first-order chi connectivity index (χ1) is 7.07. The van der Waals surface area contributed by atoms with Crippen LogP contribution in [0.15, 0.2) is 12.5 Å². The Morgan fingerprint density at radius 1 is 1.67 bits per heavy atom. The minimum atomic E-state index is -0.381. The summed E-state index contributed by atoms with van der Waals surface area (Å²) in [6.45, 7) is 5.79. The molecule has 1 aromatic heterocycles. The molecule has 0 aromatic carbocycles. The molecule has 5 heteroatoms. The molecule has 0 amide bonds. The van der Waals surface area contributed by atoms with E-state index in [1.807, 2.05) is 6.92 Å². The summed E-state index contributed by atoms with van der Waals surface area (Å²) in [5.41, 5.74) is 6.59. The average molecular weight is 211 g/mol. The molecule has 0 spiro atoms. The second-order valence-corrected chi connectivity index (χ2v) is 3.44. The molecule has 0 aliphatic heterocycles. The predicted octanol–water partition coefficient (Wildman–Crippen LogP) is 1.03. The van der Waals surface area contributed by atoms with Crippen molar-refractivity contribution in [2.75, 3.05) is 6.61 Å². The molecule has 0 aliphatic carbocycles. The van der Waals surface area contributed by atoms with E-state index in [1.54, 1.807) is 30.9 Å². The lowest BCUT2D eigenvalue weighted by atomic mass is 10.2. The van der Waals surface area contributed by atoms with Gasteiger partial charge < -0.3 is 15.0 Å². The van der Waals surface area contributed by atoms with Crippen LogP contribution in [0.1, 0.15) is 38.5 Å². The molecular weight excluding hydrogens is 194 g/mol. The fraction of sp³-hybridized carbons (Fsp3) is 0.600. The molecule has 84 valence electrons. The van der Waals surface area contributed by atoms with Gasteiger partial charge in [-0.05, 0) is 20.8 Å². The number of aromatic nitrogens is 2. The Labute approximate surface area is 89.2 Å². The fourth-order valence-corrected chi connectivity index (χ4v) is 1.37. The molecule has 0 radical (unpaired) electrons. The van der Waals surface area contributed by atoms with Gasteiger partial charge in [0.1, 0.15) is 6.04 Å². The molecule has 0 saturated heterocycles. The Bertz CT molecular complexity index is 333. The lowest BCUT2D eigenvalue weighted by molar-refractivity contribution is -0.146. The maximum Gasteiger partial charge on any atom is 0.328 e. The van der Waals surface area contributed by atoms with E-state index in [0.29, 0.717) is 6.61 Å². The van der Waals surface area contributed by atoms with Gasteiger partial charge in [0, 0.05) is 12.2 Å². The van der Waals surface area contributed by atoms with Gasteiger partial charge in [-0.3, -0.25) is 0 Å². The van der Waals surface area contributed by atoms with E-state index in [1.165, 1.54) is 0 Å². The molecule has 2 atom stereocenters. The standard InChI is InChI=1S/C10H17N3O2/c1-4-15-10(14)8(3)13-6-12-5-9(13)7(2)11/h5-8H,4,11H2,1-3H3/t7-,8?/m1/s1. The predicted molar refractivity (Wildman–Crippen MR) is 56.2 cm³/mol. The van der Waals surface area contributed by atoms with Crippen LogP contribution in [0.5, 0.6) is 0 Å². The van der Waals surface area contributed by atoms with Gasteiger partial charge >= 0.3 is 5.97 Å². The first kappa shape index (κ1) is 11.7. The number of hydrogen-bond donors (Lipinski definition) is 1. The van der Waals surface area contributed by atoms with Crippen molar-refractivity contribution in [1.29, 1.82) is 0 Å². The van der Waals surface area contributed by atoms with E-state index in [4.69, 9.17) is 10.5 Å². The molecule has 0 bridgehead atoms. The molecule has 5 nitrogen and oxygen atoms in total. The molecule has 15 heavy (non-hydrogen) atoms. The lowest BCUT2D eigenvalue weighted by Gasteiger charge is -2.16. The third-order valence-electron chi connectivity index (χ3n) is 2.21. The third-order valence-corrected chi connectivity index (χ3v) is 2.21. The molecule has 0 fully saturated rings. The largest absolute Gasteiger partial charge is 0.464 e. The van der Waals surface area contributed by atoms with E-state index in [0.717, 1.165) is 5.69 Å². The second kappa shape index (κ2) is 4.93. The summed E-state index contributed by atoms with van der Waals surface area (Å²) in [6.07, 6.45) is 3.26. The normalized spacial score (nSPS) is 14.7. The maximum absolute atomic E-state index is 11.5. The van der Waals surface area contributed by atoms with Gasteiger partial charge in [-0.2, -0.15) is 0 Å². The number of rotatable bonds is 4. The molecule has 1 aromatic rings. The van der Waals surface area contributed by atoms with Crippen LogP contribution in [0, 0.1) is 0 Å². The van der Waals surface area contributed by atoms with Gasteiger partial charge in [0.15, 0.2) is 0 Å². The van der Waals surface area contributed by atoms with Gasteiger partial charge in [0.05, 0.1) is 18.6 Å². The number of esters is 1. The number of imidazole rings is 1. The zero-order chi connectivity index (χ0) is 11.4. The highest BCUT2D eigenvalue weighted by molar-refractivity contribution is 5.73. The van der Waals surface area contributed by atoms with Crippen molar-refractivity contribution in [2.45, 2.75) is 32.9 Å². The Hall–Kier alpha value is -1.36. The Balaban J connectivity index is 2.85. The van der Waals surface area contributed by atoms with Crippen molar-refractivity contribution >= 4 is 5.97 Å². The van der Waals surface area contributed by atoms with E-state index >= 15 is 0 Å². The van der Waals surface area contributed by atoms with Crippen molar-refractivity contribution in [1.82, 2.24) is 9.55 Å². The van der Waals surface area contributed by atoms with Gasteiger partial charge in [-0.1, -0.05) is 0 Å². The number of carbonyl (C=O) groups is 1. The minimum Gasteiger partial charge on any atom is -0.464 e. The average Bonchev–Trinajstić information content (AvgIpc) is 2.65. The Morgan fingerprint density at radius 3 is 2.87 bits per heavy atom. The smallest absolute Gasteiger partial charge is 0.328 e. The summed E-state index contributed by atoms with van der Waals surface area (Å²) in [6, 6.07) is -0.530. The topological polar surface area (TPSA) is 70.1 Å². The SMILES string of the molecule is CCOC(=O)C(C)n1cncc1[C@@H](C)N. The summed E-state index contributed by atoms with van der Waals surface area (Å²) in [7, 11) is 0. The second-order valence-electron chi connectivity index (χ2n) is 3.44. The third kappa shape index (κ3) is 2.56. The van der Waals surface area contributed by atoms with Crippen LogP contribution in [0.2, 0.25) is 0 Å². The minimum absolute atomic E-state index is 0.149. The lowest BCUT2D eigenvalue weighted by Crippen LogP contribution is -2.22. The number of hydrogen-bond acceptors (Lipinski definition) is 4. The van der Waals surface area contributed by atoms with Gasteiger partial charge in [0.25, 0.3) is 0 Å². The zero-order valence-electron chi connectivity index (χ0n) is 9.30. The zero-order valence-corrected chi connectivity index (χ0v) is 9.30. The number of nitrogens with two attached hydrogens (primary N) is 1. The van der Waals surface area contributed by atoms with Crippen molar-refractivity contribution in [3.8, 4) is 0 Å². The molecular formula is C10H17N3O2. The number of carbonyl (C=O) groups excluding carboxylic acids is 1. The van der Waals surface area contributed by atoms with Crippen LogP contribution in [-0.4, -0.2) is 22.1 Å². The van der Waals surface area contributed by atoms with Crippen molar-refractivity contribution in [3.63, 3.8) is 0 Å². The summed E-state index contributed by atoms with van der Waals surface area (Å²) in [4.78, 5) is 15.5. The molecule has 1 unspecified atom stereocenters. The van der Waals surface area contributed by atoms with Crippen molar-refractivity contribution in [3.05, 3.63) is 18.2 Å². The van der Waals surface area contributed by atoms with E-state index in [2.05, 4.69) is 4.98 Å². The number of ether oxygens (including phenoxy) is 1. The molecule has 1 heterocycles. The van der Waals surface area contributed by atoms with Gasteiger partial charge in [-0.25, -0.2) is 9.78 Å². The summed E-state index contributed by atoms with van der Waals surface area (Å²) < 4.78 is 6.67. The van der Waals surface area contributed by atoms with Crippen LogP contribution in [0.3, 0.4) is 0 Å².